The molecule has 0 bridgehead atoms. The fourth-order valence-electron chi connectivity index (χ4n) is 2.02. The molecule has 3 atom stereocenters. The van der Waals surface area contributed by atoms with Crippen LogP contribution in [0.4, 0.5) is 0 Å². The number of amides is 4. The zero-order valence-corrected chi connectivity index (χ0v) is 15.2. The molecule has 0 rings (SSSR count). The van der Waals surface area contributed by atoms with Gasteiger partial charge in [-0.2, -0.15) is 0 Å². The Labute approximate surface area is 156 Å². The number of carbonyl (C=O) groups excluding carboxylic acids is 4. The lowest BCUT2D eigenvalue weighted by Gasteiger charge is -2.21. The quantitative estimate of drug-likeness (QED) is 0.156. The third kappa shape index (κ3) is 10.8. The first-order valence-corrected chi connectivity index (χ1v) is 8.42. The number of carboxylic acids is 1. The van der Waals surface area contributed by atoms with Crippen molar-refractivity contribution in [2.45, 2.75) is 50.7 Å². The number of carboxylic acid groups (broad SMARTS) is 1. The van der Waals surface area contributed by atoms with Crippen LogP contribution < -0.4 is 33.2 Å². The highest BCUT2D eigenvalue weighted by Crippen LogP contribution is 2.01. The van der Waals surface area contributed by atoms with Crippen LogP contribution in [0.2, 0.25) is 0 Å². The molecular weight excluding hydrogens is 360 g/mol. The molecule has 0 spiro atoms. The summed E-state index contributed by atoms with van der Waals surface area (Å²) >= 11 is 0. The summed E-state index contributed by atoms with van der Waals surface area (Å²) in [6.07, 6.45) is 1.17. The van der Waals surface area contributed by atoms with Gasteiger partial charge in [0.2, 0.25) is 23.6 Å². The largest absolute Gasteiger partial charge is 0.480 e. The Hall–Kier alpha value is -2.73. The van der Waals surface area contributed by atoms with Crippen molar-refractivity contribution in [2.75, 3.05) is 13.1 Å². The maximum Gasteiger partial charge on any atom is 0.322 e. The fourth-order valence-corrected chi connectivity index (χ4v) is 2.02. The van der Waals surface area contributed by atoms with Crippen LogP contribution in [0.3, 0.4) is 0 Å². The highest BCUT2D eigenvalue weighted by molar-refractivity contribution is 5.95. The second kappa shape index (κ2) is 12.6. The molecule has 27 heavy (non-hydrogen) atoms. The van der Waals surface area contributed by atoms with Crippen LogP contribution in [0, 0.1) is 0 Å². The number of rotatable bonds is 13. The number of unbranched alkanes of at least 4 members (excludes halogenated alkanes) is 1. The van der Waals surface area contributed by atoms with Crippen molar-refractivity contribution in [3.8, 4) is 0 Å². The van der Waals surface area contributed by atoms with E-state index in [1.54, 1.807) is 0 Å². The maximum atomic E-state index is 12.3. The van der Waals surface area contributed by atoms with E-state index in [1.165, 1.54) is 6.92 Å². The Bertz CT molecular complexity index is 555. The highest BCUT2D eigenvalue weighted by Gasteiger charge is 2.27. The number of nitrogens with two attached hydrogens (primary N) is 3. The normalized spacial score (nSPS) is 13.7. The lowest BCUT2D eigenvalue weighted by molar-refractivity contribution is -0.138. The summed E-state index contributed by atoms with van der Waals surface area (Å²) in [7, 11) is 0. The van der Waals surface area contributed by atoms with Gasteiger partial charge in [0.05, 0.1) is 12.5 Å². The summed E-state index contributed by atoms with van der Waals surface area (Å²) in [6, 6.07) is -3.30. The summed E-state index contributed by atoms with van der Waals surface area (Å²) in [4.78, 5) is 57.7. The third-order valence-electron chi connectivity index (χ3n) is 3.51. The van der Waals surface area contributed by atoms with E-state index in [0.717, 1.165) is 0 Å². The number of nitrogens with one attached hydrogen (secondary N) is 3. The predicted octanol–water partition coefficient (Wildman–Crippen LogP) is -3.49. The first-order valence-electron chi connectivity index (χ1n) is 8.42. The first kappa shape index (κ1) is 24.3. The van der Waals surface area contributed by atoms with E-state index < -0.39 is 60.7 Å². The Morgan fingerprint density at radius 2 is 1.63 bits per heavy atom. The van der Waals surface area contributed by atoms with Crippen LogP contribution in [-0.4, -0.2) is 65.9 Å². The molecule has 12 heteroatoms. The summed E-state index contributed by atoms with van der Waals surface area (Å²) in [5.41, 5.74) is 16.2. The van der Waals surface area contributed by atoms with E-state index in [9.17, 15) is 24.0 Å². The Balaban J connectivity index is 4.79. The molecule has 3 unspecified atom stereocenters. The average molecular weight is 388 g/mol. The predicted molar refractivity (Wildman–Crippen MR) is 94.9 cm³/mol. The summed E-state index contributed by atoms with van der Waals surface area (Å²) in [6.45, 7) is 1.16. The van der Waals surface area contributed by atoms with Gasteiger partial charge in [-0.05, 0) is 26.3 Å². The summed E-state index contributed by atoms with van der Waals surface area (Å²) < 4.78 is 0. The van der Waals surface area contributed by atoms with Crippen molar-refractivity contribution < 1.29 is 29.1 Å². The van der Waals surface area contributed by atoms with Gasteiger partial charge in [0.25, 0.3) is 0 Å². The van der Waals surface area contributed by atoms with Crippen molar-refractivity contribution in [1.29, 1.82) is 0 Å². The van der Waals surface area contributed by atoms with E-state index in [-0.39, 0.29) is 0 Å². The van der Waals surface area contributed by atoms with Crippen LogP contribution in [0.15, 0.2) is 0 Å². The Morgan fingerprint density at radius 3 is 2.15 bits per heavy atom. The van der Waals surface area contributed by atoms with Crippen LogP contribution in [0.1, 0.15) is 32.6 Å². The van der Waals surface area contributed by atoms with Gasteiger partial charge in [-0.3, -0.25) is 24.0 Å². The van der Waals surface area contributed by atoms with E-state index in [0.29, 0.717) is 25.8 Å². The van der Waals surface area contributed by atoms with Gasteiger partial charge >= 0.3 is 5.97 Å². The molecule has 154 valence electrons. The van der Waals surface area contributed by atoms with Gasteiger partial charge in [-0.25, -0.2) is 0 Å². The summed E-state index contributed by atoms with van der Waals surface area (Å²) in [5, 5.41) is 15.2. The second-order valence-electron chi connectivity index (χ2n) is 5.96. The zero-order chi connectivity index (χ0) is 21.0. The lowest BCUT2D eigenvalue weighted by Crippen LogP contribution is -2.56. The Morgan fingerprint density at radius 1 is 1.00 bits per heavy atom. The number of carbonyl (C=O) groups is 5. The van der Waals surface area contributed by atoms with Crippen molar-refractivity contribution in [3.05, 3.63) is 0 Å². The molecular formula is C15H28N6O6. The van der Waals surface area contributed by atoms with Gasteiger partial charge < -0.3 is 38.3 Å². The van der Waals surface area contributed by atoms with Gasteiger partial charge in [-0.15, -0.1) is 0 Å². The number of aliphatic carboxylic acids is 1. The molecule has 0 aliphatic heterocycles. The van der Waals surface area contributed by atoms with Crippen molar-refractivity contribution >= 4 is 29.6 Å². The topological polar surface area (TPSA) is 220 Å². The van der Waals surface area contributed by atoms with Crippen molar-refractivity contribution in [3.63, 3.8) is 0 Å². The van der Waals surface area contributed by atoms with Crippen molar-refractivity contribution in [1.82, 2.24) is 16.0 Å². The van der Waals surface area contributed by atoms with Crippen molar-refractivity contribution in [2.24, 2.45) is 17.2 Å². The van der Waals surface area contributed by atoms with Gasteiger partial charge in [-0.1, -0.05) is 6.42 Å². The molecule has 0 aromatic rings. The molecule has 4 amide bonds. The average Bonchev–Trinajstić information content (AvgIpc) is 2.58. The monoisotopic (exact) mass is 388 g/mol. The standard InChI is InChI=1S/C15H28N6O6/c1-8(13(25)19-7-12(23)24)20-15(27)10(6-11(18)22)21-14(26)9(17)4-2-3-5-16/h8-10H,2-7,16-17H2,1H3,(H2,18,22)(H,19,25)(H,20,27)(H,21,26)(H,23,24). The number of primary amides is 1. The molecule has 0 aliphatic carbocycles. The molecule has 0 radical (unpaired) electrons. The minimum absolute atomic E-state index is 0.349. The third-order valence-corrected chi connectivity index (χ3v) is 3.51. The lowest BCUT2D eigenvalue weighted by atomic mass is 10.1. The van der Waals surface area contributed by atoms with Crippen LogP contribution in [0.25, 0.3) is 0 Å². The van der Waals surface area contributed by atoms with Gasteiger partial charge in [0, 0.05) is 0 Å². The molecule has 0 saturated carbocycles. The van der Waals surface area contributed by atoms with E-state index in [4.69, 9.17) is 22.3 Å². The molecule has 0 aromatic carbocycles. The molecule has 0 saturated heterocycles. The van der Waals surface area contributed by atoms with Gasteiger partial charge in [0.1, 0.15) is 18.6 Å². The van der Waals surface area contributed by atoms with E-state index >= 15 is 0 Å². The van der Waals surface area contributed by atoms with E-state index in [2.05, 4.69) is 16.0 Å². The van der Waals surface area contributed by atoms with Gasteiger partial charge in [0.15, 0.2) is 0 Å². The van der Waals surface area contributed by atoms with Crippen LogP contribution >= 0.6 is 0 Å². The van der Waals surface area contributed by atoms with E-state index in [1.807, 2.05) is 0 Å². The molecule has 0 heterocycles. The zero-order valence-electron chi connectivity index (χ0n) is 15.2. The highest BCUT2D eigenvalue weighted by atomic mass is 16.4. The second-order valence-corrected chi connectivity index (χ2v) is 5.96. The maximum absolute atomic E-state index is 12.3. The summed E-state index contributed by atoms with van der Waals surface area (Å²) in [5.74, 6) is -4.29. The van der Waals surface area contributed by atoms with Crippen LogP contribution in [0.5, 0.6) is 0 Å². The molecule has 0 aliphatic rings. The fraction of sp³-hybridized carbons (Fsp3) is 0.667. The molecule has 12 nitrogen and oxygen atoms in total. The molecule has 10 N–H and O–H groups in total. The smallest absolute Gasteiger partial charge is 0.322 e. The SMILES string of the molecule is CC(NC(=O)C(CC(N)=O)NC(=O)C(N)CCCCN)C(=O)NCC(=O)O. The molecule has 0 fully saturated rings. The Kier molecular flexibility index (Phi) is 11.3. The number of hydrogen-bond donors (Lipinski definition) is 7. The minimum Gasteiger partial charge on any atom is -0.480 e. The van der Waals surface area contributed by atoms with Crippen LogP contribution in [-0.2, 0) is 24.0 Å². The first-order chi connectivity index (χ1) is 12.6. The molecule has 0 aromatic heterocycles. The minimum atomic E-state index is -1.31. The number of hydrogen-bond acceptors (Lipinski definition) is 7.